The predicted molar refractivity (Wildman–Crippen MR) is 54.5 cm³/mol. The summed E-state index contributed by atoms with van der Waals surface area (Å²) in [6.45, 7) is 0.269. The molecule has 7 nitrogen and oxygen atoms in total. The molecule has 15 heavy (non-hydrogen) atoms. The first kappa shape index (κ1) is 14.8. The van der Waals surface area contributed by atoms with Crippen LogP contribution in [0.4, 0.5) is 0 Å². The van der Waals surface area contributed by atoms with Gasteiger partial charge in [0.15, 0.2) is 0 Å². The van der Waals surface area contributed by atoms with Gasteiger partial charge in [-0.3, -0.25) is 8.37 Å². The van der Waals surface area contributed by atoms with E-state index in [-0.39, 0.29) is 24.6 Å². The lowest BCUT2D eigenvalue weighted by molar-refractivity contribution is 0.395. The van der Waals surface area contributed by atoms with Crippen molar-refractivity contribution in [3.8, 4) is 0 Å². The molecule has 0 heterocycles. The molecule has 0 aliphatic carbocycles. The summed E-state index contributed by atoms with van der Waals surface area (Å²) in [6, 6.07) is 0. The molecule has 0 radical (unpaired) electrons. The van der Waals surface area contributed by atoms with Crippen LogP contribution in [0.5, 0.6) is 0 Å². The van der Waals surface area contributed by atoms with Gasteiger partial charge in [0.2, 0.25) is 0 Å². The maximum atomic E-state index is 10.8. The Morgan fingerprint density at radius 1 is 0.867 bits per heavy atom. The highest BCUT2D eigenvalue weighted by molar-refractivity contribution is 7.87. The van der Waals surface area contributed by atoms with E-state index in [1.807, 2.05) is 0 Å². The van der Waals surface area contributed by atoms with E-state index >= 15 is 0 Å². The second-order valence-electron chi connectivity index (χ2n) is 2.61. The maximum absolute atomic E-state index is 10.8. The van der Waals surface area contributed by atoms with Crippen molar-refractivity contribution in [3.05, 3.63) is 0 Å². The van der Waals surface area contributed by atoms with Crippen molar-refractivity contribution < 1.29 is 25.2 Å². The Labute approximate surface area is 90.0 Å². The molecule has 0 aromatic rings. The van der Waals surface area contributed by atoms with Crippen molar-refractivity contribution in [3.63, 3.8) is 0 Å². The van der Waals surface area contributed by atoms with Crippen molar-refractivity contribution >= 4 is 20.2 Å². The van der Waals surface area contributed by atoms with Crippen LogP contribution in [0.3, 0.4) is 0 Å². The van der Waals surface area contributed by atoms with Gasteiger partial charge in [-0.25, -0.2) is 0 Å². The zero-order chi connectivity index (χ0) is 11.9. The van der Waals surface area contributed by atoms with E-state index in [4.69, 9.17) is 0 Å². The molecule has 0 unspecified atom stereocenters. The predicted octanol–water partition coefficient (Wildman–Crippen LogP) is -1.47. The Hall–Kier alpha value is -0.220. The second-order valence-corrected chi connectivity index (χ2v) is 6.32. The lowest BCUT2D eigenvalue weighted by atomic mass is 10.7. The summed E-state index contributed by atoms with van der Waals surface area (Å²) in [7, 11) is -4.82. The molecule has 0 fully saturated rings. The van der Waals surface area contributed by atoms with E-state index in [1.54, 1.807) is 0 Å². The molecule has 0 amide bonds. The Bertz CT molecular complexity index is 323. The fourth-order valence-electron chi connectivity index (χ4n) is 0.686. The lowest BCUT2D eigenvalue weighted by Crippen LogP contribution is -2.28. The maximum Gasteiger partial charge on any atom is 0.268 e. The number of hydrogen-bond donors (Lipinski definition) is 1. The highest BCUT2D eigenvalue weighted by Gasteiger charge is 2.09. The van der Waals surface area contributed by atoms with E-state index in [0.717, 1.165) is 14.2 Å². The minimum Gasteiger partial charge on any atom is -0.315 e. The largest absolute Gasteiger partial charge is 0.315 e. The van der Waals surface area contributed by atoms with Gasteiger partial charge in [-0.2, -0.15) is 16.8 Å². The third-order valence-corrected chi connectivity index (χ3v) is 3.99. The van der Waals surface area contributed by atoms with Crippen molar-refractivity contribution in [2.24, 2.45) is 0 Å². The Morgan fingerprint density at radius 2 is 1.20 bits per heavy atom. The quantitative estimate of drug-likeness (QED) is 0.420. The SMILES string of the molecule is COS(=O)(=O)CCNCCS(=O)(=O)OC. The van der Waals surface area contributed by atoms with Crippen molar-refractivity contribution in [1.29, 1.82) is 0 Å². The van der Waals surface area contributed by atoms with Gasteiger partial charge >= 0.3 is 0 Å². The average Bonchev–Trinajstić information content (AvgIpc) is 2.17. The fraction of sp³-hybridized carbons (Fsp3) is 1.00. The van der Waals surface area contributed by atoms with Gasteiger partial charge in [0.1, 0.15) is 0 Å². The Balaban J connectivity index is 3.66. The van der Waals surface area contributed by atoms with Crippen LogP contribution in [-0.2, 0) is 28.6 Å². The van der Waals surface area contributed by atoms with Crippen LogP contribution in [0.25, 0.3) is 0 Å². The average molecular weight is 261 g/mol. The molecule has 0 bridgehead atoms. The smallest absolute Gasteiger partial charge is 0.268 e. The van der Waals surface area contributed by atoms with Crippen LogP contribution in [-0.4, -0.2) is 55.7 Å². The van der Waals surface area contributed by atoms with E-state index < -0.39 is 20.2 Å². The summed E-state index contributed by atoms with van der Waals surface area (Å²) in [6.07, 6.45) is 0. The summed E-state index contributed by atoms with van der Waals surface area (Å²) in [5, 5.41) is 2.65. The summed E-state index contributed by atoms with van der Waals surface area (Å²) in [5.41, 5.74) is 0. The molecule has 0 aliphatic heterocycles. The van der Waals surface area contributed by atoms with Crippen LogP contribution >= 0.6 is 0 Å². The zero-order valence-electron chi connectivity index (χ0n) is 8.59. The van der Waals surface area contributed by atoms with Crippen molar-refractivity contribution in [2.45, 2.75) is 0 Å². The van der Waals surface area contributed by atoms with E-state index in [1.165, 1.54) is 0 Å². The molecule has 92 valence electrons. The highest BCUT2D eigenvalue weighted by atomic mass is 32.2. The second kappa shape index (κ2) is 6.38. The zero-order valence-corrected chi connectivity index (χ0v) is 10.2. The normalized spacial score (nSPS) is 12.9. The molecule has 0 saturated carbocycles. The molecule has 0 saturated heterocycles. The van der Waals surface area contributed by atoms with Gasteiger partial charge in [0.05, 0.1) is 25.7 Å². The third kappa shape index (κ3) is 7.68. The Morgan fingerprint density at radius 3 is 1.47 bits per heavy atom. The van der Waals surface area contributed by atoms with Crippen LogP contribution in [0, 0.1) is 0 Å². The van der Waals surface area contributed by atoms with Crippen LogP contribution < -0.4 is 5.32 Å². The first-order valence-electron chi connectivity index (χ1n) is 4.10. The number of nitrogens with one attached hydrogen (secondary N) is 1. The molecule has 0 spiro atoms. The first-order valence-corrected chi connectivity index (χ1v) is 7.26. The highest BCUT2D eigenvalue weighted by Crippen LogP contribution is 1.89. The van der Waals surface area contributed by atoms with Gasteiger partial charge in [-0.05, 0) is 0 Å². The molecular weight excluding hydrogens is 246 g/mol. The van der Waals surface area contributed by atoms with Gasteiger partial charge in [0, 0.05) is 13.1 Å². The summed E-state index contributed by atoms with van der Waals surface area (Å²) >= 11 is 0. The first-order chi connectivity index (χ1) is 6.83. The van der Waals surface area contributed by atoms with Crippen molar-refractivity contribution in [2.75, 3.05) is 38.8 Å². The van der Waals surface area contributed by atoms with Crippen LogP contribution in [0.2, 0.25) is 0 Å². The standard InChI is InChI=1S/C6H15NO6S2/c1-12-14(8,9)5-3-7-4-6-15(10,11)13-2/h7H,3-6H2,1-2H3. The Kier molecular flexibility index (Phi) is 6.29. The summed E-state index contributed by atoms with van der Waals surface area (Å²) in [4.78, 5) is 0. The van der Waals surface area contributed by atoms with E-state index in [2.05, 4.69) is 13.7 Å². The van der Waals surface area contributed by atoms with Crippen LogP contribution in [0.1, 0.15) is 0 Å². The van der Waals surface area contributed by atoms with Crippen LogP contribution in [0.15, 0.2) is 0 Å². The number of hydrogen-bond acceptors (Lipinski definition) is 7. The molecule has 9 heteroatoms. The molecule has 0 aliphatic rings. The molecule has 0 aromatic carbocycles. The minimum absolute atomic E-state index is 0.134. The van der Waals surface area contributed by atoms with E-state index in [9.17, 15) is 16.8 Å². The summed E-state index contributed by atoms with van der Waals surface area (Å²) < 4.78 is 51.6. The molecule has 0 rings (SSSR count). The molecule has 1 N–H and O–H groups in total. The molecule has 0 atom stereocenters. The van der Waals surface area contributed by atoms with Crippen molar-refractivity contribution in [1.82, 2.24) is 5.32 Å². The minimum atomic E-state index is -3.48. The summed E-state index contributed by atoms with van der Waals surface area (Å²) in [5.74, 6) is -0.396. The fourth-order valence-corrected chi connectivity index (χ4v) is 1.81. The van der Waals surface area contributed by atoms with Gasteiger partial charge < -0.3 is 5.32 Å². The number of rotatable bonds is 8. The molecular formula is C6H15NO6S2. The lowest BCUT2D eigenvalue weighted by Gasteiger charge is -2.04. The van der Waals surface area contributed by atoms with Gasteiger partial charge in [-0.15, -0.1) is 0 Å². The van der Waals surface area contributed by atoms with E-state index in [0.29, 0.717) is 0 Å². The monoisotopic (exact) mass is 261 g/mol. The molecule has 0 aromatic heterocycles. The van der Waals surface area contributed by atoms with Gasteiger partial charge in [0.25, 0.3) is 20.2 Å². The third-order valence-electron chi connectivity index (χ3n) is 1.57. The van der Waals surface area contributed by atoms with Gasteiger partial charge in [-0.1, -0.05) is 0 Å². The topological polar surface area (TPSA) is 98.8 Å².